The van der Waals surface area contributed by atoms with E-state index in [0.717, 1.165) is 30.9 Å². The van der Waals surface area contributed by atoms with Gasteiger partial charge in [0.15, 0.2) is 11.5 Å². The molecule has 0 bridgehead atoms. The van der Waals surface area contributed by atoms with Crippen LogP contribution in [0.4, 0.5) is 0 Å². The van der Waals surface area contributed by atoms with Crippen LogP contribution in [0.2, 0.25) is 0 Å². The Hall–Kier alpha value is -1.79. The van der Waals surface area contributed by atoms with Crippen LogP contribution in [0.1, 0.15) is 12.5 Å². The Morgan fingerprint density at radius 2 is 2.12 bits per heavy atom. The van der Waals surface area contributed by atoms with Crippen molar-refractivity contribution in [1.82, 2.24) is 15.5 Å². The van der Waals surface area contributed by atoms with Crippen LogP contribution in [-0.2, 0) is 11.3 Å². The summed E-state index contributed by atoms with van der Waals surface area (Å²) in [5.74, 6) is 2.01. The van der Waals surface area contributed by atoms with E-state index in [0.29, 0.717) is 24.8 Å². The van der Waals surface area contributed by atoms with Crippen LogP contribution in [0, 0.1) is 11.8 Å². The molecule has 1 aromatic carbocycles. The third-order valence-corrected chi connectivity index (χ3v) is 4.42. The van der Waals surface area contributed by atoms with Crippen molar-refractivity contribution < 1.29 is 14.3 Å². The highest BCUT2D eigenvalue weighted by Crippen LogP contribution is 2.28. The normalized spacial score (nSPS) is 15.7. The SMILES string of the molecule is COc1cc(CNC(=O)C(C)C2CNC2)ccc1OCCN(C)C. The van der Waals surface area contributed by atoms with Gasteiger partial charge in [0, 0.05) is 19.0 Å². The number of nitrogens with zero attached hydrogens (tertiary/aromatic N) is 1. The van der Waals surface area contributed by atoms with E-state index < -0.39 is 0 Å². The van der Waals surface area contributed by atoms with Crippen LogP contribution in [0.15, 0.2) is 18.2 Å². The molecule has 0 aromatic heterocycles. The number of benzene rings is 1. The molecule has 24 heavy (non-hydrogen) atoms. The van der Waals surface area contributed by atoms with Crippen LogP contribution < -0.4 is 20.1 Å². The molecule has 1 amide bonds. The van der Waals surface area contributed by atoms with Gasteiger partial charge in [-0.25, -0.2) is 0 Å². The number of rotatable bonds is 9. The monoisotopic (exact) mass is 335 g/mol. The molecule has 2 rings (SSSR count). The highest BCUT2D eigenvalue weighted by Gasteiger charge is 2.28. The van der Waals surface area contributed by atoms with Crippen molar-refractivity contribution in [3.05, 3.63) is 23.8 Å². The van der Waals surface area contributed by atoms with E-state index in [4.69, 9.17) is 9.47 Å². The lowest BCUT2D eigenvalue weighted by molar-refractivity contribution is -0.126. The van der Waals surface area contributed by atoms with Crippen molar-refractivity contribution in [2.24, 2.45) is 11.8 Å². The molecule has 0 saturated carbocycles. The summed E-state index contributed by atoms with van der Waals surface area (Å²) < 4.78 is 11.2. The van der Waals surface area contributed by atoms with Crippen LogP contribution in [0.25, 0.3) is 0 Å². The fourth-order valence-corrected chi connectivity index (χ4v) is 2.51. The number of ether oxygens (including phenoxy) is 2. The highest BCUT2D eigenvalue weighted by atomic mass is 16.5. The Morgan fingerprint density at radius 1 is 1.38 bits per heavy atom. The lowest BCUT2D eigenvalue weighted by Gasteiger charge is -2.31. The summed E-state index contributed by atoms with van der Waals surface area (Å²) in [4.78, 5) is 14.2. The second kappa shape index (κ2) is 8.89. The molecule has 0 spiro atoms. The molecule has 1 aromatic rings. The molecule has 134 valence electrons. The van der Waals surface area contributed by atoms with E-state index in [1.54, 1.807) is 7.11 Å². The maximum absolute atomic E-state index is 12.2. The number of hydrogen-bond donors (Lipinski definition) is 2. The van der Waals surface area contributed by atoms with Crippen molar-refractivity contribution in [2.45, 2.75) is 13.5 Å². The molecule has 0 aliphatic carbocycles. The molecular weight excluding hydrogens is 306 g/mol. The first-order valence-corrected chi connectivity index (χ1v) is 8.44. The van der Waals surface area contributed by atoms with Crippen molar-refractivity contribution in [2.75, 3.05) is 47.4 Å². The average Bonchev–Trinajstić information content (AvgIpc) is 2.51. The molecule has 6 nitrogen and oxygen atoms in total. The summed E-state index contributed by atoms with van der Waals surface area (Å²) in [6, 6.07) is 5.78. The predicted molar refractivity (Wildman–Crippen MR) is 94.4 cm³/mol. The number of carbonyl (C=O) groups is 1. The zero-order chi connectivity index (χ0) is 17.5. The van der Waals surface area contributed by atoms with E-state index in [2.05, 4.69) is 15.5 Å². The van der Waals surface area contributed by atoms with Gasteiger partial charge < -0.3 is 25.0 Å². The standard InChI is InChI=1S/C18H29N3O3/c1-13(15-11-19-12-15)18(22)20-10-14-5-6-16(17(9-14)23-4)24-8-7-21(2)3/h5-6,9,13,15,19H,7-8,10-12H2,1-4H3,(H,20,22). The van der Waals surface area contributed by atoms with Crippen molar-refractivity contribution >= 4 is 5.91 Å². The molecule has 1 heterocycles. The number of nitrogens with one attached hydrogen (secondary N) is 2. The number of carbonyl (C=O) groups excluding carboxylic acids is 1. The first kappa shape index (κ1) is 18.5. The first-order valence-electron chi connectivity index (χ1n) is 8.44. The smallest absolute Gasteiger partial charge is 0.223 e. The second-order valence-electron chi connectivity index (χ2n) is 6.56. The fraction of sp³-hybridized carbons (Fsp3) is 0.611. The quantitative estimate of drug-likeness (QED) is 0.708. The van der Waals surface area contributed by atoms with Gasteiger partial charge in [-0.3, -0.25) is 4.79 Å². The summed E-state index contributed by atoms with van der Waals surface area (Å²) in [6.45, 7) is 5.80. The predicted octanol–water partition coefficient (Wildman–Crippen LogP) is 1.11. The van der Waals surface area contributed by atoms with Crippen molar-refractivity contribution in [3.63, 3.8) is 0 Å². The lowest BCUT2D eigenvalue weighted by Crippen LogP contribution is -2.49. The molecule has 0 radical (unpaired) electrons. The van der Waals surface area contributed by atoms with E-state index in [1.165, 1.54) is 0 Å². The Bertz CT molecular complexity index is 544. The molecule has 1 aliphatic heterocycles. The third kappa shape index (κ3) is 5.11. The van der Waals surface area contributed by atoms with Gasteiger partial charge in [-0.2, -0.15) is 0 Å². The maximum atomic E-state index is 12.2. The largest absolute Gasteiger partial charge is 0.493 e. The average molecular weight is 335 g/mol. The number of likely N-dealkylation sites (N-methyl/N-ethyl adjacent to an activating group) is 1. The van der Waals surface area contributed by atoms with Crippen LogP contribution in [0.5, 0.6) is 11.5 Å². The highest BCUT2D eigenvalue weighted by molar-refractivity contribution is 5.78. The molecule has 1 fully saturated rings. The summed E-state index contributed by atoms with van der Waals surface area (Å²) in [5.41, 5.74) is 0.999. The minimum atomic E-state index is 0.0433. The molecular formula is C18H29N3O3. The third-order valence-electron chi connectivity index (χ3n) is 4.42. The fourth-order valence-electron chi connectivity index (χ4n) is 2.51. The summed E-state index contributed by atoms with van der Waals surface area (Å²) >= 11 is 0. The molecule has 1 atom stereocenters. The van der Waals surface area contributed by atoms with Gasteiger partial charge in [0.1, 0.15) is 6.61 Å². The maximum Gasteiger partial charge on any atom is 0.223 e. The Kier molecular flexibility index (Phi) is 6.87. The number of methoxy groups -OCH3 is 1. The minimum absolute atomic E-state index is 0.0433. The summed E-state index contributed by atoms with van der Waals surface area (Å²) in [5, 5.41) is 6.21. The molecule has 2 N–H and O–H groups in total. The zero-order valence-corrected chi connectivity index (χ0v) is 15.1. The molecule has 1 unspecified atom stereocenters. The minimum Gasteiger partial charge on any atom is -0.493 e. The van der Waals surface area contributed by atoms with Gasteiger partial charge in [0.2, 0.25) is 5.91 Å². The molecule has 1 saturated heterocycles. The topological polar surface area (TPSA) is 62.8 Å². The Balaban J connectivity index is 1.87. The molecule has 1 aliphatic rings. The molecule has 6 heteroatoms. The number of amides is 1. The lowest BCUT2D eigenvalue weighted by atomic mass is 9.88. The summed E-state index contributed by atoms with van der Waals surface area (Å²) in [7, 11) is 5.64. The van der Waals surface area contributed by atoms with Crippen LogP contribution in [-0.4, -0.2) is 58.3 Å². The summed E-state index contributed by atoms with van der Waals surface area (Å²) in [6.07, 6.45) is 0. The van der Waals surface area contributed by atoms with Gasteiger partial charge in [-0.1, -0.05) is 13.0 Å². The van der Waals surface area contributed by atoms with Gasteiger partial charge in [-0.15, -0.1) is 0 Å². The first-order chi connectivity index (χ1) is 11.5. The Labute approximate surface area is 144 Å². The second-order valence-corrected chi connectivity index (χ2v) is 6.56. The zero-order valence-electron chi connectivity index (χ0n) is 15.1. The van der Waals surface area contributed by atoms with Gasteiger partial charge >= 0.3 is 0 Å². The van der Waals surface area contributed by atoms with E-state index in [1.807, 2.05) is 39.2 Å². The van der Waals surface area contributed by atoms with Gasteiger partial charge in [0.05, 0.1) is 7.11 Å². The van der Waals surface area contributed by atoms with Gasteiger partial charge in [-0.05, 0) is 50.8 Å². The van der Waals surface area contributed by atoms with Crippen LogP contribution in [0.3, 0.4) is 0 Å². The van der Waals surface area contributed by atoms with E-state index >= 15 is 0 Å². The van der Waals surface area contributed by atoms with Gasteiger partial charge in [0.25, 0.3) is 0 Å². The van der Waals surface area contributed by atoms with Crippen molar-refractivity contribution in [1.29, 1.82) is 0 Å². The van der Waals surface area contributed by atoms with E-state index in [9.17, 15) is 4.79 Å². The Morgan fingerprint density at radius 3 is 2.71 bits per heavy atom. The van der Waals surface area contributed by atoms with Crippen LogP contribution >= 0.6 is 0 Å². The number of hydrogen-bond acceptors (Lipinski definition) is 5. The van der Waals surface area contributed by atoms with Crippen molar-refractivity contribution in [3.8, 4) is 11.5 Å². The van der Waals surface area contributed by atoms with E-state index in [-0.39, 0.29) is 11.8 Å².